The predicted molar refractivity (Wildman–Crippen MR) is 77.6 cm³/mol. The second-order valence-electron chi connectivity index (χ2n) is 3.15. The van der Waals surface area contributed by atoms with Crippen molar-refractivity contribution in [2.75, 3.05) is 20.9 Å². The molecule has 0 aliphatic carbocycles. The summed E-state index contributed by atoms with van der Waals surface area (Å²) in [6, 6.07) is 0. The van der Waals surface area contributed by atoms with Crippen molar-refractivity contribution < 1.29 is 0 Å². The molecule has 2 N–H and O–H groups in total. The van der Waals surface area contributed by atoms with Crippen LogP contribution >= 0.6 is 35.5 Å². The second-order valence-corrected chi connectivity index (χ2v) is 5.29. The van der Waals surface area contributed by atoms with Crippen molar-refractivity contribution in [2.24, 2.45) is 0 Å². The molecule has 0 unspecified atom stereocenters. The lowest BCUT2D eigenvalue weighted by atomic mass is 10.6. The van der Waals surface area contributed by atoms with E-state index >= 15 is 0 Å². The molecule has 0 amide bonds. The van der Waals surface area contributed by atoms with Crippen molar-refractivity contribution >= 4 is 47.4 Å². The molecule has 0 aliphatic heterocycles. The van der Waals surface area contributed by atoms with Gasteiger partial charge in [-0.05, 0) is 24.4 Å². The first-order valence-electron chi connectivity index (χ1n) is 5.43. The van der Waals surface area contributed by atoms with Crippen LogP contribution in [0.2, 0.25) is 5.28 Å². The van der Waals surface area contributed by atoms with Crippen molar-refractivity contribution in [2.45, 2.75) is 26.7 Å². The zero-order chi connectivity index (χ0) is 12.5. The highest BCUT2D eigenvalue weighted by molar-refractivity contribution is 8.00. The van der Waals surface area contributed by atoms with E-state index in [1.807, 2.05) is 0 Å². The van der Waals surface area contributed by atoms with Crippen LogP contribution in [0.4, 0.5) is 11.9 Å². The Bertz CT molecular complexity index is 311. The van der Waals surface area contributed by atoms with Crippen molar-refractivity contribution in [3.05, 3.63) is 5.28 Å². The minimum atomic E-state index is 0.194. The molecular formula is C9H16ClN5S2. The fourth-order valence-corrected chi connectivity index (χ4v) is 2.09. The summed E-state index contributed by atoms with van der Waals surface area (Å²) in [7, 11) is 0. The van der Waals surface area contributed by atoms with Gasteiger partial charge in [0.2, 0.25) is 17.2 Å². The number of hydrogen-bond acceptors (Lipinski definition) is 7. The highest BCUT2D eigenvalue weighted by Gasteiger charge is 2.04. The normalized spacial score (nSPS) is 10.3. The van der Waals surface area contributed by atoms with E-state index in [1.54, 1.807) is 23.9 Å². The summed E-state index contributed by atoms with van der Waals surface area (Å²) < 4.78 is 6.08. The topological polar surface area (TPSA) is 62.7 Å². The molecule has 0 radical (unpaired) electrons. The Morgan fingerprint density at radius 3 is 1.82 bits per heavy atom. The molecule has 0 aliphatic rings. The minimum Gasteiger partial charge on any atom is -0.298 e. The van der Waals surface area contributed by atoms with Gasteiger partial charge in [-0.3, -0.25) is 9.44 Å². The number of nitrogens with zero attached hydrogens (tertiary/aromatic N) is 3. The Morgan fingerprint density at radius 1 is 0.941 bits per heavy atom. The predicted octanol–water partition coefficient (Wildman–Crippen LogP) is 3.47. The molecule has 0 fully saturated rings. The summed E-state index contributed by atoms with van der Waals surface area (Å²) in [6.07, 6.45) is 2.18. The Balaban J connectivity index is 2.53. The SMILES string of the molecule is CCCSNc1nc(Cl)nc(NSCCC)n1. The Morgan fingerprint density at radius 2 is 1.41 bits per heavy atom. The zero-order valence-electron chi connectivity index (χ0n) is 9.86. The van der Waals surface area contributed by atoms with Gasteiger partial charge < -0.3 is 0 Å². The quantitative estimate of drug-likeness (QED) is 0.562. The van der Waals surface area contributed by atoms with Gasteiger partial charge in [0, 0.05) is 11.5 Å². The Labute approximate surface area is 115 Å². The van der Waals surface area contributed by atoms with E-state index in [-0.39, 0.29) is 5.28 Å². The molecule has 96 valence electrons. The average molecular weight is 294 g/mol. The molecule has 0 bridgehead atoms. The molecule has 0 saturated carbocycles. The maximum atomic E-state index is 5.81. The molecule has 1 aromatic rings. The summed E-state index contributed by atoms with van der Waals surface area (Å²) in [5.41, 5.74) is 0. The Hall–Kier alpha value is -0.400. The molecule has 17 heavy (non-hydrogen) atoms. The van der Waals surface area contributed by atoms with Gasteiger partial charge in [0.25, 0.3) is 0 Å². The molecule has 5 nitrogen and oxygen atoms in total. The molecule has 0 aromatic carbocycles. The summed E-state index contributed by atoms with van der Waals surface area (Å²) in [4.78, 5) is 12.2. The van der Waals surface area contributed by atoms with Gasteiger partial charge in [0.1, 0.15) is 0 Å². The van der Waals surface area contributed by atoms with Crippen LogP contribution in [-0.4, -0.2) is 26.5 Å². The number of aromatic nitrogens is 3. The van der Waals surface area contributed by atoms with Crippen LogP contribution in [0.15, 0.2) is 0 Å². The fraction of sp³-hybridized carbons (Fsp3) is 0.667. The maximum absolute atomic E-state index is 5.81. The van der Waals surface area contributed by atoms with Gasteiger partial charge in [-0.15, -0.1) is 0 Å². The van der Waals surface area contributed by atoms with Gasteiger partial charge in [0.15, 0.2) is 0 Å². The van der Waals surface area contributed by atoms with Crippen LogP contribution in [0.1, 0.15) is 26.7 Å². The first-order valence-corrected chi connectivity index (χ1v) is 7.78. The third-order valence-corrected chi connectivity index (χ3v) is 3.60. The van der Waals surface area contributed by atoms with E-state index in [0.29, 0.717) is 11.9 Å². The Kier molecular flexibility index (Phi) is 7.46. The first kappa shape index (κ1) is 14.7. The van der Waals surface area contributed by atoms with Crippen LogP contribution < -0.4 is 9.44 Å². The number of hydrogen-bond donors (Lipinski definition) is 2. The van der Waals surface area contributed by atoms with Crippen molar-refractivity contribution in [3.63, 3.8) is 0 Å². The average Bonchev–Trinajstić information content (AvgIpc) is 2.29. The second kappa shape index (κ2) is 8.66. The molecule has 1 heterocycles. The standard InChI is InChI=1S/C9H16ClN5S2/c1-3-5-16-14-8-11-7(10)12-9(13-8)15-17-6-4-2/h3-6H2,1-2H3,(H2,11,12,13,14,15). The lowest BCUT2D eigenvalue weighted by Crippen LogP contribution is -2.02. The van der Waals surface area contributed by atoms with Gasteiger partial charge in [-0.1, -0.05) is 37.7 Å². The van der Waals surface area contributed by atoms with E-state index in [4.69, 9.17) is 11.6 Å². The summed E-state index contributed by atoms with van der Waals surface area (Å²) in [6.45, 7) is 4.23. The summed E-state index contributed by atoms with van der Waals surface area (Å²) in [5.74, 6) is 2.97. The van der Waals surface area contributed by atoms with Crippen molar-refractivity contribution in [1.29, 1.82) is 0 Å². The summed E-state index contributed by atoms with van der Waals surface area (Å²) in [5, 5.41) is 0.194. The number of rotatable bonds is 8. The lowest BCUT2D eigenvalue weighted by molar-refractivity contribution is 1.07. The number of anilines is 2. The van der Waals surface area contributed by atoms with Crippen LogP contribution in [-0.2, 0) is 0 Å². The molecular weight excluding hydrogens is 278 g/mol. The maximum Gasteiger partial charge on any atom is 0.239 e. The van der Waals surface area contributed by atoms with Gasteiger partial charge in [-0.25, -0.2) is 0 Å². The van der Waals surface area contributed by atoms with E-state index in [2.05, 4.69) is 38.2 Å². The van der Waals surface area contributed by atoms with Crippen molar-refractivity contribution in [1.82, 2.24) is 15.0 Å². The van der Waals surface area contributed by atoms with Gasteiger partial charge >= 0.3 is 0 Å². The van der Waals surface area contributed by atoms with Gasteiger partial charge in [0.05, 0.1) is 0 Å². The van der Waals surface area contributed by atoms with E-state index < -0.39 is 0 Å². The highest BCUT2D eigenvalue weighted by Crippen LogP contribution is 2.15. The summed E-state index contributed by atoms with van der Waals surface area (Å²) >= 11 is 8.93. The van der Waals surface area contributed by atoms with Crippen LogP contribution in [0, 0.1) is 0 Å². The monoisotopic (exact) mass is 293 g/mol. The van der Waals surface area contributed by atoms with Crippen LogP contribution in [0.25, 0.3) is 0 Å². The van der Waals surface area contributed by atoms with Crippen LogP contribution in [0.3, 0.4) is 0 Å². The lowest BCUT2D eigenvalue weighted by Gasteiger charge is -2.06. The third-order valence-electron chi connectivity index (χ3n) is 1.55. The van der Waals surface area contributed by atoms with E-state index in [9.17, 15) is 0 Å². The molecule has 0 spiro atoms. The number of nitrogens with one attached hydrogen (secondary N) is 2. The van der Waals surface area contributed by atoms with E-state index in [0.717, 1.165) is 24.3 Å². The zero-order valence-corrected chi connectivity index (χ0v) is 12.3. The largest absolute Gasteiger partial charge is 0.298 e. The van der Waals surface area contributed by atoms with Crippen LogP contribution in [0.5, 0.6) is 0 Å². The third kappa shape index (κ3) is 6.18. The highest BCUT2D eigenvalue weighted by atomic mass is 35.5. The molecule has 1 aromatic heterocycles. The number of halogens is 1. The molecule has 8 heteroatoms. The molecule has 1 rings (SSSR count). The smallest absolute Gasteiger partial charge is 0.239 e. The molecule has 0 saturated heterocycles. The first-order chi connectivity index (χ1) is 8.26. The fourth-order valence-electron chi connectivity index (χ4n) is 0.877. The van der Waals surface area contributed by atoms with Crippen molar-refractivity contribution in [3.8, 4) is 0 Å². The minimum absolute atomic E-state index is 0.194. The van der Waals surface area contributed by atoms with Gasteiger partial charge in [-0.2, -0.15) is 15.0 Å². The van der Waals surface area contributed by atoms with E-state index in [1.165, 1.54) is 0 Å². The molecule has 0 atom stereocenters.